The molecule has 24 heavy (non-hydrogen) atoms. The Morgan fingerprint density at radius 2 is 2.12 bits per heavy atom. The van der Waals surface area contributed by atoms with Gasteiger partial charge in [0, 0.05) is 24.7 Å². The zero-order valence-electron chi connectivity index (χ0n) is 13.2. The third kappa shape index (κ3) is 1.79. The first-order chi connectivity index (χ1) is 11.7. The van der Waals surface area contributed by atoms with Crippen LogP contribution in [0, 0.1) is 0 Å². The predicted octanol–water partition coefficient (Wildman–Crippen LogP) is 2.02. The molecule has 1 saturated carbocycles. The minimum Gasteiger partial charge on any atom is -0.337 e. The molecule has 0 radical (unpaired) electrons. The molecule has 1 atom stereocenters. The van der Waals surface area contributed by atoms with Crippen molar-refractivity contribution in [2.45, 2.75) is 30.6 Å². The van der Waals surface area contributed by atoms with E-state index in [1.54, 1.807) is 11.1 Å². The third-order valence-electron chi connectivity index (χ3n) is 5.57. The summed E-state index contributed by atoms with van der Waals surface area (Å²) in [6, 6.07) is 7.79. The van der Waals surface area contributed by atoms with Crippen molar-refractivity contribution in [2.24, 2.45) is 0 Å². The van der Waals surface area contributed by atoms with Crippen LogP contribution in [-0.2, 0) is 10.2 Å². The van der Waals surface area contributed by atoms with Gasteiger partial charge < -0.3 is 10.2 Å². The number of nitrogens with one attached hydrogen (secondary N) is 2. The van der Waals surface area contributed by atoms with Crippen LogP contribution in [0.1, 0.15) is 46.8 Å². The van der Waals surface area contributed by atoms with Gasteiger partial charge in [0.1, 0.15) is 0 Å². The van der Waals surface area contributed by atoms with Gasteiger partial charge in [0.15, 0.2) is 0 Å². The van der Waals surface area contributed by atoms with Crippen LogP contribution in [0.25, 0.3) is 0 Å². The second kappa shape index (κ2) is 4.69. The van der Waals surface area contributed by atoms with Crippen molar-refractivity contribution in [1.29, 1.82) is 0 Å². The fraction of sp³-hybridized carbons (Fsp3) is 0.389. The molecule has 3 heterocycles. The average molecular weight is 322 g/mol. The van der Waals surface area contributed by atoms with Gasteiger partial charge >= 0.3 is 0 Å². The van der Waals surface area contributed by atoms with Crippen LogP contribution in [0.4, 0.5) is 5.69 Å². The lowest BCUT2D eigenvalue weighted by molar-refractivity contribution is -0.120. The molecule has 6 heteroatoms. The maximum atomic E-state index is 13.0. The molecule has 2 N–H and O–H groups in total. The quantitative estimate of drug-likeness (QED) is 0.888. The molecule has 3 aliphatic rings. The lowest BCUT2D eigenvalue weighted by Gasteiger charge is -2.22. The second-order valence-corrected chi connectivity index (χ2v) is 7.03. The molecule has 1 unspecified atom stereocenters. The summed E-state index contributed by atoms with van der Waals surface area (Å²) in [5.41, 5.74) is 2.91. The maximum absolute atomic E-state index is 13.0. The predicted molar refractivity (Wildman–Crippen MR) is 87.8 cm³/mol. The fourth-order valence-electron chi connectivity index (χ4n) is 4.08. The van der Waals surface area contributed by atoms with Crippen LogP contribution >= 0.6 is 0 Å². The molecule has 1 saturated heterocycles. The van der Waals surface area contributed by atoms with Crippen LogP contribution in [0.3, 0.4) is 0 Å². The summed E-state index contributed by atoms with van der Waals surface area (Å²) < 4.78 is 0. The number of rotatable bonds is 2. The van der Waals surface area contributed by atoms with Crippen molar-refractivity contribution in [3.63, 3.8) is 0 Å². The Morgan fingerprint density at radius 1 is 1.29 bits per heavy atom. The summed E-state index contributed by atoms with van der Waals surface area (Å²) in [4.78, 5) is 27.4. The number of aromatic nitrogens is 2. The van der Waals surface area contributed by atoms with Crippen molar-refractivity contribution in [3.05, 3.63) is 47.3 Å². The summed E-state index contributed by atoms with van der Waals surface area (Å²) in [6.07, 6.45) is 4.52. The number of fused-ring (bicyclic) bond motifs is 2. The number of anilines is 1. The minimum atomic E-state index is -0.601. The van der Waals surface area contributed by atoms with Crippen LogP contribution in [0.15, 0.2) is 30.5 Å². The zero-order chi connectivity index (χ0) is 16.3. The molecule has 2 fully saturated rings. The normalized spacial score (nSPS) is 25.2. The first-order valence-electron chi connectivity index (χ1n) is 8.42. The number of amides is 2. The van der Waals surface area contributed by atoms with E-state index in [0.717, 1.165) is 29.8 Å². The van der Waals surface area contributed by atoms with Crippen molar-refractivity contribution in [2.75, 3.05) is 18.4 Å². The highest BCUT2D eigenvalue weighted by atomic mass is 16.2. The van der Waals surface area contributed by atoms with E-state index in [0.29, 0.717) is 31.0 Å². The van der Waals surface area contributed by atoms with Gasteiger partial charge in [-0.2, -0.15) is 5.10 Å². The van der Waals surface area contributed by atoms with Crippen LogP contribution in [0.5, 0.6) is 0 Å². The van der Waals surface area contributed by atoms with E-state index in [9.17, 15) is 9.59 Å². The minimum absolute atomic E-state index is 0.00797. The number of hydrogen-bond donors (Lipinski definition) is 2. The van der Waals surface area contributed by atoms with E-state index in [1.165, 1.54) is 0 Å². The van der Waals surface area contributed by atoms with Crippen molar-refractivity contribution >= 4 is 17.5 Å². The zero-order valence-corrected chi connectivity index (χ0v) is 13.2. The number of carbonyl (C=O) groups excluding carboxylic acids is 2. The highest BCUT2D eigenvalue weighted by molar-refractivity contribution is 6.07. The monoisotopic (exact) mass is 322 g/mol. The van der Waals surface area contributed by atoms with E-state index in [4.69, 9.17) is 0 Å². The highest BCUT2D eigenvalue weighted by Gasteiger charge is 2.52. The van der Waals surface area contributed by atoms with Gasteiger partial charge in [-0.15, -0.1) is 0 Å². The summed E-state index contributed by atoms with van der Waals surface area (Å²) in [5, 5.41) is 10.0. The largest absolute Gasteiger partial charge is 0.337 e. The van der Waals surface area contributed by atoms with Crippen molar-refractivity contribution in [3.8, 4) is 0 Å². The standard InChI is InChI=1S/C18H18N4O2/c23-16(12-9-19-21-15(12)11-5-6-11)22-8-7-18(10-22)13-3-1-2-4-14(13)20-17(18)24/h1-4,9,11H,5-8,10H2,(H,19,21)(H,20,24). The number of benzene rings is 1. The molecule has 5 rings (SSSR count). The number of nitrogens with zero attached hydrogens (tertiary/aromatic N) is 2. The van der Waals surface area contributed by atoms with Gasteiger partial charge in [0.05, 0.1) is 22.9 Å². The van der Waals surface area contributed by atoms with Crippen LogP contribution in [-0.4, -0.2) is 40.0 Å². The molecule has 1 aromatic heterocycles. The molecule has 6 nitrogen and oxygen atoms in total. The smallest absolute Gasteiger partial charge is 0.257 e. The number of hydrogen-bond acceptors (Lipinski definition) is 3. The Morgan fingerprint density at radius 3 is 2.96 bits per heavy atom. The molecular formula is C18H18N4O2. The molecule has 1 aliphatic carbocycles. The molecule has 0 bridgehead atoms. The lowest BCUT2D eigenvalue weighted by atomic mass is 9.81. The Bertz CT molecular complexity index is 854. The first kappa shape index (κ1) is 13.8. The van der Waals surface area contributed by atoms with Crippen molar-refractivity contribution < 1.29 is 9.59 Å². The molecular weight excluding hydrogens is 304 g/mol. The number of likely N-dealkylation sites (tertiary alicyclic amines) is 1. The Balaban J connectivity index is 1.46. The van der Waals surface area contributed by atoms with Gasteiger partial charge in [-0.3, -0.25) is 14.7 Å². The van der Waals surface area contributed by atoms with E-state index in [-0.39, 0.29) is 11.8 Å². The Labute approximate surface area is 139 Å². The molecule has 2 amide bonds. The van der Waals surface area contributed by atoms with Gasteiger partial charge in [-0.25, -0.2) is 0 Å². The molecule has 1 spiro atoms. The Hall–Kier alpha value is -2.63. The fourth-order valence-corrected chi connectivity index (χ4v) is 4.08. The topological polar surface area (TPSA) is 78.1 Å². The van der Waals surface area contributed by atoms with Gasteiger partial charge in [-0.1, -0.05) is 18.2 Å². The number of carbonyl (C=O) groups is 2. The molecule has 122 valence electrons. The maximum Gasteiger partial charge on any atom is 0.257 e. The second-order valence-electron chi connectivity index (χ2n) is 7.03. The first-order valence-corrected chi connectivity index (χ1v) is 8.42. The van der Waals surface area contributed by atoms with Crippen LogP contribution in [0.2, 0.25) is 0 Å². The third-order valence-corrected chi connectivity index (χ3v) is 5.57. The number of H-pyrrole nitrogens is 1. The van der Waals surface area contributed by atoms with Crippen molar-refractivity contribution in [1.82, 2.24) is 15.1 Å². The highest BCUT2D eigenvalue weighted by Crippen LogP contribution is 2.45. The summed E-state index contributed by atoms with van der Waals surface area (Å²) in [7, 11) is 0. The van der Waals surface area contributed by atoms with Gasteiger partial charge in [0.2, 0.25) is 5.91 Å². The molecule has 2 aromatic rings. The van der Waals surface area contributed by atoms with E-state index >= 15 is 0 Å². The van der Waals surface area contributed by atoms with E-state index in [2.05, 4.69) is 15.5 Å². The van der Waals surface area contributed by atoms with E-state index in [1.807, 2.05) is 24.3 Å². The SMILES string of the molecule is O=C(c1cn[nH]c1C1CC1)N1CCC2(C1)C(=O)Nc1ccccc12. The molecule has 2 aliphatic heterocycles. The average Bonchev–Trinajstić information content (AvgIpc) is 3.07. The van der Waals surface area contributed by atoms with E-state index < -0.39 is 5.41 Å². The molecule has 1 aromatic carbocycles. The van der Waals surface area contributed by atoms with Gasteiger partial charge in [-0.05, 0) is 30.9 Å². The lowest BCUT2D eigenvalue weighted by Crippen LogP contribution is -2.39. The summed E-state index contributed by atoms with van der Waals surface area (Å²) in [6.45, 7) is 1.03. The number of para-hydroxylation sites is 1. The summed E-state index contributed by atoms with van der Waals surface area (Å²) in [5.74, 6) is 0.437. The summed E-state index contributed by atoms with van der Waals surface area (Å²) >= 11 is 0. The van der Waals surface area contributed by atoms with Gasteiger partial charge in [0.25, 0.3) is 5.91 Å². The number of aromatic amines is 1. The Kier molecular flexibility index (Phi) is 2.69. The van der Waals surface area contributed by atoms with Crippen LogP contribution < -0.4 is 5.32 Å².